The zero-order valence-electron chi connectivity index (χ0n) is 19.8. The minimum Gasteiger partial charge on any atom is -0.334 e. The predicted molar refractivity (Wildman–Crippen MR) is 143 cm³/mol. The van der Waals surface area contributed by atoms with Crippen molar-refractivity contribution in [2.75, 3.05) is 0 Å². The number of allylic oxidation sites excluding steroid dienone is 3. The maximum Gasteiger partial charge on any atom is 0.105 e. The van der Waals surface area contributed by atoms with Crippen molar-refractivity contribution in [3.05, 3.63) is 117 Å². The van der Waals surface area contributed by atoms with Crippen LogP contribution in [0.4, 0.5) is 0 Å². The third-order valence-corrected chi connectivity index (χ3v) is 7.87. The van der Waals surface area contributed by atoms with E-state index >= 15 is 0 Å². The average molecular weight is 488 g/mol. The summed E-state index contributed by atoms with van der Waals surface area (Å²) in [7, 11) is 2.07. The molecule has 3 aromatic rings. The van der Waals surface area contributed by atoms with Crippen molar-refractivity contribution in [3.63, 3.8) is 0 Å². The molecule has 0 amide bonds. The molecular formula is C29H27Cl2N3. The first-order valence-corrected chi connectivity index (χ1v) is 12.2. The van der Waals surface area contributed by atoms with Crippen LogP contribution in [0.5, 0.6) is 0 Å². The van der Waals surface area contributed by atoms with Crippen molar-refractivity contribution in [2.45, 2.75) is 38.6 Å². The Hall–Kier alpha value is -2.88. The van der Waals surface area contributed by atoms with E-state index in [9.17, 15) is 0 Å². The molecule has 172 valence electrons. The van der Waals surface area contributed by atoms with Crippen LogP contribution in [0.15, 0.2) is 94.1 Å². The van der Waals surface area contributed by atoms with Crippen molar-refractivity contribution in [3.8, 4) is 0 Å². The van der Waals surface area contributed by atoms with Crippen molar-refractivity contribution in [1.82, 2.24) is 9.55 Å². The molecule has 3 nitrogen and oxygen atoms in total. The van der Waals surface area contributed by atoms with E-state index in [1.807, 2.05) is 43.5 Å². The summed E-state index contributed by atoms with van der Waals surface area (Å²) in [6.07, 6.45) is 7.33. The lowest BCUT2D eigenvalue weighted by Gasteiger charge is -2.36. The van der Waals surface area contributed by atoms with Crippen LogP contribution in [-0.2, 0) is 12.5 Å². The Bertz CT molecular complexity index is 1370. The number of halogens is 2. The van der Waals surface area contributed by atoms with Crippen LogP contribution in [0.3, 0.4) is 0 Å². The van der Waals surface area contributed by atoms with Crippen LogP contribution in [0, 0.1) is 6.92 Å². The minimum absolute atomic E-state index is 0.0338. The molecule has 2 unspecified atom stereocenters. The first-order chi connectivity index (χ1) is 16.3. The maximum atomic E-state index is 7.12. The topological polar surface area (TPSA) is 30.2 Å². The van der Waals surface area contributed by atoms with E-state index < -0.39 is 5.41 Å². The maximum absolute atomic E-state index is 7.12. The molecule has 0 saturated carbocycles. The van der Waals surface area contributed by atoms with Gasteiger partial charge >= 0.3 is 0 Å². The Morgan fingerprint density at radius 1 is 1.00 bits per heavy atom. The fraction of sp³-hybridized carbons (Fsp3) is 0.241. The molecule has 0 N–H and O–H groups in total. The van der Waals surface area contributed by atoms with Crippen LogP contribution in [0.2, 0.25) is 5.02 Å². The second kappa shape index (κ2) is 8.72. The summed E-state index contributed by atoms with van der Waals surface area (Å²) < 4.78 is 2.16. The second-order valence-corrected chi connectivity index (χ2v) is 9.98. The van der Waals surface area contributed by atoms with Gasteiger partial charge < -0.3 is 4.57 Å². The molecule has 1 aliphatic heterocycles. The number of rotatable bonds is 4. The van der Waals surface area contributed by atoms with Gasteiger partial charge in [0, 0.05) is 29.6 Å². The third kappa shape index (κ3) is 3.68. The highest BCUT2D eigenvalue weighted by Crippen LogP contribution is 2.46. The molecule has 0 fully saturated rings. The quantitative estimate of drug-likeness (QED) is 0.375. The van der Waals surface area contributed by atoms with E-state index in [0.717, 1.165) is 56.0 Å². The van der Waals surface area contributed by atoms with Crippen LogP contribution in [-0.4, -0.2) is 21.3 Å². The van der Waals surface area contributed by atoms with Crippen LogP contribution in [0.25, 0.3) is 5.57 Å². The number of imidazole rings is 1. The van der Waals surface area contributed by atoms with Crippen LogP contribution < -0.4 is 0 Å². The molecule has 0 spiro atoms. The zero-order chi connectivity index (χ0) is 24.0. The van der Waals surface area contributed by atoms with E-state index in [0.29, 0.717) is 0 Å². The highest BCUT2D eigenvalue weighted by atomic mass is 35.5. The van der Waals surface area contributed by atoms with Crippen LogP contribution in [0.1, 0.15) is 42.9 Å². The van der Waals surface area contributed by atoms with Gasteiger partial charge in [-0.05, 0) is 61.6 Å². The molecule has 0 radical (unpaired) electrons. The number of aromatic nitrogens is 2. The summed E-state index contributed by atoms with van der Waals surface area (Å²) in [6, 6.07) is 18.4. The molecule has 2 heterocycles. The lowest BCUT2D eigenvalue weighted by Crippen LogP contribution is -2.31. The van der Waals surface area contributed by atoms with Crippen molar-refractivity contribution >= 4 is 34.5 Å². The number of hydrogen-bond donors (Lipinski definition) is 0. The van der Waals surface area contributed by atoms with Crippen molar-refractivity contribution in [2.24, 2.45) is 12.0 Å². The summed E-state index contributed by atoms with van der Waals surface area (Å²) in [5.74, 6) is 0.972. The average Bonchev–Trinajstić information content (AvgIpc) is 3.18. The summed E-state index contributed by atoms with van der Waals surface area (Å²) in [4.78, 5) is 9.64. The lowest BCUT2D eigenvalue weighted by atomic mass is 9.70. The van der Waals surface area contributed by atoms with Gasteiger partial charge in [0.15, 0.2) is 0 Å². The fourth-order valence-corrected chi connectivity index (χ4v) is 5.68. The molecule has 2 aliphatic rings. The normalized spacial score (nSPS) is 19.7. The van der Waals surface area contributed by atoms with E-state index in [1.54, 1.807) is 0 Å². The second-order valence-electron chi connectivity index (χ2n) is 9.16. The van der Waals surface area contributed by atoms with E-state index in [1.165, 1.54) is 5.57 Å². The smallest absolute Gasteiger partial charge is 0.105 e. The lowest BCUT2D eigenvalue weighted by molar-refractivity contribution is 0.606. The molecule has 2 aromatic carbocycles. The largest absolute Gasteiger partial charge is 0.334 e. The number of dihydropyridines is 1. The molecule has 5 rings (SSSR count). The highest BCUT2D eigenvalue weighted by Gasteiger charge is 2.38. The Morgan fingerprint density at radius 3 is 2.35 bits per heavy atom. The molecule has 34 heavy (non-hydrogen) atoms. The van der Waals surface area contributed by atoms with Gasteiger partial charge in [0.2, 0.25) is 0 Å². The Balaban J connectivity index is 1.68. The van der Waals surface area contributed by atoms with Gasteiger partial charge in [0.05, 0.1) is 22.2 Å². The van der Waals surface area contributed by atoms with Gasteiger partial charge in [-0.3, -0.25) is 4.99 Å². The SMILES string of the molecule is CC1=NC2CC=C(C(C)(c3ccc(Cl)cc3)c3cnc(C)n3C)C=C2C(Cl)=C1c1ccccc1. The minimum atomic E-state index is -0.432. The standard InChI is InChI=1S/C29H27Cl2N3/c1-18-27(20-8-6-5-7-9-20)28(31)24-16-22(12-15-25(24)33-18)29(3,21-10-13-23(30)14-11-21)26-17-32-19(2)34(26)4/h5-14,16-17,25H,15H2,1-4H3. The Labute approximate surface area is 211 Å². The van der Waals surface area contributed by atoms with E-state index in [2.05, 4.69) is 66.9 Å². The Kier molecular flexibility index (Phi) is 5.87. The zero-order valence-corrected chi connectivity index (χ0v) is 21.3. The van der Waals surface area contributed by atoms with Crippen molar-refractivity contribution in [1.29, 1.82) is 0 Å². The number of hydrogen-bond acceptors (Lipinski definition) is 2. The number of aliphatic imine (C=N–C) groups is 1. The first kappa shape index (κ1) is 22.9. The number of fused-ring (bicyclic) bond motifs is 1. The third-order valence-electron chi connectivity index (χ3n) is 7.21. The Morgan fingerprint density at radius 2 is 1.71 bits per heavy atom. The molecule has 2 atom stereocenters. The fourth-order valence-electron chi connectivity index (χ4n) is 5.12. The van der Waals surface area contributed by atoms with E-state index in [4.69, 9.17) is 28.2 Å². The molecule has 1 aliphatic carbocycles. The molecule has 5 heteroatoms. The highest BCUT2D eigenvalue weighted by molar-refractivity contribution is 6.43. The summed E-state index contributed by atoms with van der Waals surface area (Å²) in [5, 5.41) is 1.51. The predicted octanol–water partition coefficient (Wildman–Crippen LogP) is 7.44. The number of benzene rings is 2. The number of aryl methyl sites for hydroxylation is 1. The van der Waals surface area contributed by atoms with Gasteiger partial charge in [0.25, 0.3) is 0 Å². The van der Waals surface area contributed by atoms with Gasteiger partial charge in [0.1, 0.15) is 5.82 Å². The molecule has 0 saturated heterocycles. The number of nitrogens with zero attached hydrogens (tertiary/aromatic N) is 3. The van der Waals surface area contributed by atoms with Crippen molar-refractivity contribution < 1.29 is 0 Å². The summed E-state index contributed by atoms with van der Waals surface area (Å²) in [6.45, 7) is 6.33. The van der Waals surface area contributed by atoms with Gasteiger partial charge in [-0.25, -0.2) is 4.98 Å². The monoisotopic (exact) mass is 487 g/mol. The summed E-state index contributed by atoms with van der Waals surface area (Å²) >= 11 is 13.4. The molecule has 0 bridgehead atoms. The van der Waals surface area contributed by atoms with Gasteiger partial charge in [-0.1, -0.05) is 77.8 Å². The summed E-state index contributed by atoms with van der Waals surface area (Å²) in [5.41, 5.74) is 7.18. The van der Waals surface area contributed by atoms with E-state index in [-0.39, 0.29) is 6.04 Å². The van der Waals surface area contributed by atoms with Gasteiger partial charge in [-0.2, -0.15) is 0 Å². The van der Waals surface area contributed by atoms with Gasteiger partial charge in [-0.15, -0.1) is 0 Å². The first-order valence-electron chi connectivity index (χ1n) is 11.5. The molecular weight excluding hydrogens is 461 g/mol. The molecule has 1 aromatic heterocycles. The van der Waals surface area contributed by atoms with Crippen LogP contribution >= 0.6 is 23.2 Å².